The van der Waals surface area contributed by atoms with Gasteiger partial charge < -0.3 is 15.4 Å². The molecule has 1 rings (SSSR count). The highest BCUT2D eigenvalue weighted by atomic mass is 16.5. The van der Waals surface area contributed by atoms with Gasteiger partial charge in [-0.1, -0.05) is 12.1 Å². The van der Waals surface area contributed by atoms with Gasteiger partial charge in [-0.3, -0.25) is 4.79 Å². The second kappa shape index (κ2) is 6.52. The molecule has 4 heteroatoms. The summed E-state index contributed by atoms with van der Waals surface area (Å²) in [6, 6.07) is 7.57. The minimum absolute atomic E-state index is 0.0602. The lowest BCUT2D eigenvalue weighted by Gasteiger charge is -2.23. The van der Waals surface area contributed by atoms with Crippen LogP contribution in [0.3, 0.4) is 0 Å². The summed E-state index contributed by atoms with van der Waals surface area (Å²) in [5.41, 5.74) is 1.66. The zero-order chi connectivity index (χ0) is 13.6. The molecule has 0 unspecified atom stereocenters. The molecule has 0 saturated heterocycles. The molecule has 0 aromatic heterocycles. The summed E-state index contributed by atoms with van der Waals surface area (Å²) in [7, 11) is 3.34. The maximum absolute atomic E-state index is 11.4. The highest BCUT2D eigenvalue weighted by Gasteiger charge is 2.14. The Morgan fingerprint density at radius 3 is 2.39 bits per heavy atom. The summed E-state index contributed by atoms with van der Waals surface area (Å²) >= 11 is 0. The second-order valence-electron chi connectivity index (χ2n) is 4.84. The lowest BCUT2D eigenvalue weighted by molar-refractivity contribution is 0.0230. The van der Waals surface area contributed by atoms with Crippen molar-refractivity contribution in [1.29, 1.82) is 0 Å². The van der Waals surface area contributed by atoms with Crippen molar-refractivity contribution in [3.8, 4) is 0 Å². The molecule has 0 radical (unpaired) electrons. The van der Waals surface area contributed by atoms with Crippen molar-refractivity contribution in [1.82, 2.24) is 10.6 Å². The summed E-state index contributed by atoms with van der Waals surface area (Å²) in [4.78, 5) is 11.4. The number of benzene rings is 1. The number of carbonyl (C=O) groups excluding carboxylic acids is 1. The van der Waals surface area contributed by atoms with E-state index in [9.17, 15) is 4.79 Å². The van der Waals surface area contributed by atoms with E-state index in [1.807, 2.05) is 38.1 Å². The number of amides is 1. The maximum atomic E-state index is 11.4. The lowest BCUT2D eigenvalue weighted by Crippen LogP contribution is -2.36. The van der Waals surface area contributed by atoms with Crippen LogP contribution in [0.4, 0.5) is 0 Å². The van der Waals surface area contributed by atoms with Crippen LogP contribution in [0.1, 0.15) is 29.8 Å². The Kier molecular flexibility index (Phi) is 5.31. The Balaban J connectivity index is 2.47. The highest BCUT2D eigenvalue weighted by Crippen LogP contribution is 2.07. The van der Waals surface area contributed by atoms with E-state index in [4.69, 9.17) is 4.74 Å². The van der Waals surface area contributed by atoms with Crippen molar-refractivity contribution in [3.63, 3.8) is 0 Å². The number of methoxy groups -OCH3 is 1. The SMILES string of the molecule is CNC(=O)c1ccc(CNCC(C)(C)OC)cc1. The van der Waals surface area contributed by atoms with Gasteiger partial charge in [-0.2, -0.15) is 0 Å². The van der Waals surface area contributed by atoms with Gasteiger partial charge in [0, 0.05) is 32.8 Å². The Morgan fingerprint density at radius 2 is 1.89 bits per heavy atom. The third-order valence-electron chi connectivity index (χ3n) is 2.88. The van der Waals surface area contributed by atoms with Crippen molar-refractivity contribution in [3.05, 3.63) is 35.4 Å². The smallest absolute Gasteiger partial charge is 0.251 e. The van der Waals surface area contributed by atoms with Crippen LogP contribution in [0.5, 0.6) is 0 Å². The molecule has 100 valence electrons. The molecule has 0 aliphatic carbocycles. The van der Waals surface area contributed by atoms with Crippen molar-refractivity contribution in [2.45, 2.75) is 26.0 Å². The molecular weight excluding hydrogens is 228 g/mol. The fourth-order valence-corrected chi connectivity index (χ4v) is 1.50. The highest BCUT2D eigenvalue weighted by molar-refractivity contribution is 5.93. The van der Waals surface area contributed by atoms with Gasteiger partial charge in [-0.05, 0) is 31.5 Å². The summed E-state index contributed by atoms with van der Waals surface area (Å²) in [5, 5.41) is 5.93. The van der Waals surface area contributed by atoms with Gasteiger partial charge in [0.1, 0.15) is 0 Å². The predicted molar refractivity (Wildman–Crippen MR) is 72.6 cm³/mol. The molecule has 1 aromatic carbocycles. The quantitative estimate of drug-likeness (QED) is 0.805. The van der Waals surface area contributed by atoms with E-state index in [2.05, 4.69) is 10.6 Å². The largest absolute Gasteiger partial charge is 0.377 e. The molecule has 18 heavy (non-hydrogen) atoms. The average molecular weight is 250 g/mol. The van der Waals surface area contributed by atoms with E-state index >= 15 is 0 Å². The normalized spacial score (nSPS) is 11.3. The molecule has 0 aliphatic rings. The first-order valence-electron chi connectivity index (χ1n) is 6.05. The van der Waals surface area contributed by atoms with E-state index in [1.54, 1.807) is 14.2 Å². The van der Waals surface area contributed by atoms with Crippen LogP contribution in [0.2, 0.25) is 0 Å². The Morgan fingerprint density at radius 1 is 1.28 bits per heavy atom. The molecule has 0 heterocycles. The van der Waals surface area contributed by atoms with Gasteiger partial charge in [0.05, 0.1) is 5.60 Å². The number of hydrogen-bond donors (Lipinski definition) is 2. The maximum Gasteiger partial charge on any atom is 0.251 e. The van der Waals surface area contributed by atoms with E-state index in [-0.39, 0.29) is 11.5 Å². The summed E-state index contributed by atoms with van der Waals surface area (Å²) < 4.78 is 5.33. The van der Waals surface area contributed by atoms with Gasteiger partial charge in [0.25, 0.3) is 5.91 Å². The van der Waals surface area contributed by atoms with Crippen molar-refractivity contribution < 1.29 is 9.53 Å². The predicted octanol–water partition coefficient (Wildman–Crippen LogP) is 1.56. The fourth-order valence-electron chi connectivity index (χ4n) is 1.50. The topological polar surface area (TPSA) is 50.4 Å². The van der Waals surface area contributed by atoms with E-state index in [0.29, 0.717) is 5.56 Å². The van der Waals surface area contributed by atoms with Gasteiger partial charge in [-0.25, -0.2) is 0 Å². The van der Waals surface area contributed by atoms with Crippen LogP contribution in [0.15, 0.2) is 24.3 Å². The molecule has 1 amide bonds. The number of carbonyl (C=O) groups is 1. The minimum atomic E-state index is -0.165. The van der Waals surface area contributed by atoms with Crippen LogP contribution >= 0.6 is 0 Å². The Bertz CT molecular complexity index is 385. The molecule has 0 fully saturated rings. The number of rotatable bonds is 6. The monoisotopic (exact) mass is 250 g/mol. The Labute approximate surface area is 109 Å². The molecule has 2 N–H and O–H groups in total. The molecular formula is C14H22N2O2. The zero-order valence-corrected chi connectivity index (χ0v) is 11.5. The summed E-state index contributed by atoms with van der Waals surface area (Å²) in [6.07, 6.45) is 0. The van der Waals surface area contributed by atoms with Gasteiger partial charge in [0.2, 0.25) is 0 Å². The van der Waals surface area contributed by atoms with Crippen molar-refractivity contribution >= 4 is 5.91 Å². The first-order valence-corrected chi connectivity index (χ1v) is 6.05. The number of ether oxygens (including phenoxy) is 1. The van der Waals surface area contributed by atoms with Crippen molar-refractivity contribution in [2.75, 3.05) is 20.7 Å². The van der Waals surface area contributed by atoms with Crippen LogP contribution in [0, 0.1) is 0 Å². The molecule has 0 saturated carbocycles. The minimum Gasteiger partial charge on any atom is -0.377 e. The molecule has 0 spiro atoms. The van der Waals surface area contributed by atoms with Crippen LogP contribution in [-0.2, 0) is 11.3 Å². The number of nitrogens with one attached hydrogen (secondary N) is 2. The lowest BCUT2D eigenvalue weighted by atomic mass is 10.1. The first-order chi connectivity index (χ1) is 8.48. The standard InChI is InChI=1S/C14H22N2O2/c1-14(2,18-4)10-16-9-11-5-7-12(8-6-11)13(17)15-3/h5-8,16H,9-10H2,1-4H3,(H,15,17). The molecule has 1 aromatic rings. The van der Waals surface area contributed by atoms with Crippen molar-refractivity contribution in [2.24, 2.45) is 0 Å². The van der Waals surface area contributed by atoms with E-state index in [1.165, 1.54) is 0 Å². The molecule has 4 nitrogen and oxygen atoms in total. The zero-order valence-electron chi connectivity index (χ0n) is 11.5. The number of hydrogen-bond acceptors (Lipinski definition) is 3. The van der Waals surface area contributed by atoms with Gasteiger partial charge >= 0.3 is 0 Å². The fraction of sp³-hybridized carbons (Fsp3) is 0.500. The van der Waals surface area contributed by atoms with Gasteiger partial charge in [-0.15, -0.1) is 0 Å². The van der Waals surface area contributed by atoms with Crippen LogP contribution in [-0.4, -0.2) is 32.2 Å². The van der Waals surface area contributed by atoms with Crippen LogP contribution in [0.25, 0.3) is 0 Å². The summed E-state index contributed by atoms with van der Waals surface area (Å²) in [5.74, 6) is -0.0602. The first kappa shape index (κ1) is 14.7. The Hall–Kier alpha value is -1.39. The molecule has 0 bridgehead atoms. The van der Waals surface area contributed by atoms with Gasteiger partial charge in [0.15, 0.2) is 0 Å². The van der Waals surface area contributed by atoms with Crippen LogP contribution < -0.4 is 10.6 Å². The second-order valence-corrected chi connectivity index (χ2v) is 4.84. The summed E-state index contributed by atoms with van der Waals surface area (Å²) in [6.45, 7) is 5.62. The molecule has 0 aliphatic heterocycles. The third-order valence-corrected chi connectivity index (χ3v) is 2.88. The van der Waals surface area contributed by atoms with E-state index in [0.717, 1.165) is 18.7 Å². The van der Waals surface area contributed by atoms with E-state index < -0.39 is 0 Å². The average Bonchev–Trinajstić information content (AvgIpc) is 2.38. The molecule has 0 atom stereocenters. The third kappa shape index (κ3) is 4.47.